The minimum atomic E-state index is -4.10. The molecule has 2 aromatic carbocycles. The molecule has 0 spiro atoms. The van der Waals surface area contributed by atoms with Gasteiger partial charge < -0.3 is 9.88 Å². The monoisotopic (exact) mass is 588 g/mol. The summed E-state index contributed by atoms with van der Waals surface area (Å²) in [5.41, 5.74) is -1.95. The zero-order chi connectivity index (χ0) is 29.7. The molecule has 1 N–H and O–H groups in total. The van der Waals surface area contributed by atoms with Gasteiger partial charge in [0.1, 0.15) is 5.82 Å². The van der Waals surface area contributed by atoms with Gasteiger partial charge in [-0.15, -0.1) is 0 Å². The van der Waals surface area contributed by atoms with Crippen LogP contribution < -0.4 is 16.4 Å². The molecule has 9 nitrogen and oxygen atoms in total. The molecule has 0 unspecified atom stereocenters. The second-order valence-electron chi connectivity index (χ2n) is 10.3. The second kappa shape index (κ2) is 10.5. The van der Waals surface area contributed by atoms with E-state index in [4.69, 9.17) is 4.18 Å². The Labute approximate surface area is 233 Å². The number of pyridine rings is 1. The maximum Gasteiger partial charge on any atom is 0.297 e. The van der Waals surface area contributed by atoms with E-state index in [1.54, 1.807) is 19.1 Å². The summed E-state index contributed by atoms with van der Waals surface area (Å²) in [5.74, 6) is -0.952. The van der Waals surface area contributed by atoms with Crippen molar-refractivity contribution < 1.29 is 25.8 Å². The van der Waals surface area contributed by atoms with E-state index in [2.05, 4.69) is 10.4 Å². The minimum absolute atomic E-state index is 0.0129. The average molecular weight is 589 g/mol. The van der Waals surface area contributed by atoms with Gasteiger partial charge in [0, 0.05) is 30.3 Å². The van der Waals surface area contributed by atoms with Crippen LogP contribution in [-0.2, 0) is 26.9 Å². The molecule has 0 saturated heterocycles. The van der Waals surface area contributed by atoms with Crippen molar-refractivity contribution in [3.63, 3.8) is 0 Å². The maximum absolute atomic E-state index is 14.8. The Morgan fingerprint density at radius 2 is 1.73 bits per heavy atom. The lowest BCUT2D eigenvalue weighted by molar-refractivity contribution is 0.146. The SMILES string of the molecule is Cc1ccc(S(=O)(=O)OCC2(n3cc4c(N[C@H](C)c5cccc(C(F)F)c5F)nn(C)c(=O)c4cc3=O)CC2)cc1. The molecule has 13 heteroatoms. The third-order valence-electron chi connectivity index (χ3n) is 7.33. The molecule has 4 aromatic rings. The predicted molar refractivity (Wildman–Crippen MR) is 146 cm³/mol. The molecule has 0 bridgehead atoms. The van der Waals surface area contributed by atoms with Crippen molar-refractivity contribution in [2.24, 2.45) is 7.05 Å². The molecule has 2 heterocycles. The predicted octanol–water partition coefficient (Wildman–Crippen LogP) is 4.55. The van der Waals surface area contributed by atoms with Gasteiger partial charge >= 0.3 is 0 Å². The molecule has 216 valence electrons. The smallest absolute Gasteiger partial charge is 0.297 e. The Balaban J connectivity index is 1.51. The van der Waals surface area contributed by atoms with Crippen LogP contribution in [0.3, 0.4) is 0 Å². The third-order valence-corrected chi connectivity index (χ3v) is 8.60. The number of halogens is 3. The van der Waals surface area contributed by atoms with Gasteiger partial charge in [-0.1, -0.05) is 35.9 Å². The fraction of sp³-hybridized carbons (Fsp3) is 0.321. The summed E-state index contributed by atoms with van der Waals surface area (Å²) < 4.78 is 74.6. The fourth-order valence-corrected chi connectivity index (χ4v) is 5.69. The van der Waals surface area contributed by atoms with E-state index in [9.17, 15) is 31.2 Å². The maximum atomic E-state index is 14.8. The zero-order valence-electron chi connectivity index (χ0n) is 22.4. The number of alkyl halides is 2. The number of rotatable bonds is 9. The molecule has 5 rings (SSSR count). The summed E-state index contributed by atoms with van der Waals surface area (Å²) in [6, 6.07) is 10.2. The van der Waals surface area contributed by atoms with Crippen molar-refractivity contribution in [2.45, 2.75) is 49.6 Å². The molecule has 1 aliphatic rings. The lowest BCUT2D eigenvalue weighted by Gasteiger charge is -2.21. The first-order chi connectivity index (χ1) is 19.3. The van der Waals surface area contributed by atoms with Crippen molar-refractivity contribution >= 4 is 26.7 Å². The van der Waals surface area contributed by atoms with Gasteiger partial charge in [0.05, 0.1) is 34.0 Å². The highest BCUT2D eigenvalue weighted by Crippen LogP contribution is 2.44. The van der Waals surface area contributed by atoms with Gasteiger partial charge in [0.15, 0.2) is 5.82 Å². The van der Waals surface area contributed by atoms with E-state index < -0.39 is 50.6 Å². The quantitative estimate of drug-likeness (QED) is 0.286. The first-order valence-electron chi connectivity index (χ1n) is 12.8. The lowest BCUT2D eigenvalue weighted by Crippen LogP contribution is -2.35. The molecule has 1 fully saturated rings. The van der Waals surface area contributed by atoms with Crippen LogP contribution in [0.1, 0.15) is 48.9 Å². The molecular formula is C28H27F3N4O5S. The zero-order valence-corrected chi connectivity index (χ0v) is 23.2. The average Bonchev–Trinajstić information content (AvgIpc) is 3.71. The van der Waals surface area contributed by atoms with Gasteiger partial charge in [0.25, 0.3) is 27.7 Å². The number of benzene rings is 2. The third kappa shape index (κ3) is 5.38. The summed E-state index contributed by atoms with van der Waals surface area (Å²) >= 11 is 0. The highest BCUT2D eigenvalue weighted by molar-refractivity contribution is 7.86. The number of aryl methyl sites for hydroxylation is 2. The van der Waals surface area contributed by atoms with Crippen LogP contribution in [0.5, 0.6) is 0 Å². The van der Waals surface area contributed by atoms with Crippen LogP contribution in [-0.4, -0.2) is 29.4 Å². The summed E-state index contributed by atoms with van der Waals surface area (Å²) in [4.78, 5) is 26.0. The van der Waals surface area contributed by atoms with Crippen LogP contribution in [0.25, 0.3) is 10.8 Å². The molecule has 2 aromatic heterocycles. The molecular weight excluding hydrogens is 561 g/mol. The number of hydrogen-bond acceptors (Lipinski definition) is 7. The normalized spacial score (nSPS) is 15.3. The molecule has 0 radical (unpaired) electrons. The van der Waals surface area contributed by atoms with Crippen molar-refractivity contribution in [1.82, 2.24) is 14.3 Å². The van der Waals surface area contributed by atoms with Crippen molar-refractivity contribution in [3.8, 4) is 0 Å². The minimum Gasteiger partial charge on any atom is -0.361 e. The Morgan fingerprint density at radius 1 is 1.07 bits per heavy atom. The number of aromatic nitrogens is 3. The molecule has 0 aliphatic heterocycles. The lowest BCUT2D eigenvalue weighted by atomic mass is 10.0. The Bertz CT molecular complexity index is 1870. The standard InChI is InChI=1S/C28H27F3N4O5S/c1-16-7-9-18(10-8-16)41(38,39)40-15-28(11-12-28)35-14-22-21(13-23(35)36)27(37)34(3)33-26(22)32-17(2)19-5-4-6-20(24(19)29)25(30)31/h4-10,13-14,17,25H,11-12,15H2,1-3H3,(H,32,33)/t17-/m1/s1. The van der Waals surface area contributed by atoms with Crippen LogP contribution in [0.15, 0.2) is 69.2 Å². The number of anilines is 1. The van der Waals surface area contributed by atoms with E-state index in [0.717, 1.165) is 22.4 Å². The molecule has 1 aliphatic carbocycles. The summed E-state index contributed by atoms with van der Waals surface area (Å²) in [5, 5.41) is 7.47. The van der Waals surface area contributed by atoms with Gasteiger partial charge in [-0.05, 0) is 38.8 Å². The van der Waals surface area contributed by atoms with E-state index in [1.807, 2.05) is 6.92 Å². The Morgan fingerprint density at radius 3 is 2.37 bits per heavy atom. The number of nitrogens with zero attached hydrogens (tertiary/aromatic N) is 3. The summed E-state index contributed by atoms with van der Waals surface area (Å²) in [6.07, 6.45) is -0.697. The van der Waals surface area contributed by atoms with Gasteiger partial charge in [-0.25, -0.2) is 17.9 Å². The van der Waals surface area contributed by atoms with Gasteiger partial charge in [-0.3, -0.25) is 13.8 Å². The van der Waals surface area contributed by atoms with Crippen molar-refractivity contribution in [1.29, 1.82) is 0 Å². The first kappa shape index (κ1) is 28.6. The fourth-order valence-electron chi connectivity index (χ4n) is 4.71. The molecule has 0 amide bonds. The number of nitrogens with one attached hydrogen (secondary N) is 1. The number of fused-ring (bicyclic) bond motifs is 1. The van der Waals surface area contributed by atoms with Crippen molar-refractivity contribution in [3.05, 3.63) is 97.9 Å². The number of hydrogen-bond donors (Lipinski definition) is 1. The van der Waals surface area contributed by atoms with E-state index in [1.165, 1.54) is 42.1 Å². The van der Waals surface area contributed by atoms with E-state index in [0.29, 0.717) is 12.8 Å². The van der Waals surface area contributed by atoms with Gasteiger partial charge in [0.2, 0.25) is 0 Å². The molecule has 41 heavy (non-hydrogen) atoms. The summed E-state index contributed by atoms with van der Waals surface area (Å²) in [6.45, 7) is 3.07. The molecule has 1 saturated carbocycles. The highest BCUT2D eigenvalue weighted by Gasteiger charge is 2.47. The van der Waals surface area contributed by atoms with Crippen LogP contribution >= 0.6 is 0 Å². The van der Waals surface area contributed by atoms with E-state index >= 15 is 0 Å². The molecule has 1 atom stereocenters. The Kier molecular flexibility index (Phi) is 7.28. The summed E-state index contributed by atoms with van der Waals surface area (Å²) in [7, 11) is -2.71. The van der Waals surface area contributed by atoms with Gasteiger partial charge in [-0.2, -0.15) is 13.5 Å². The van der Waals surface area contributed by atoms with Crippen LogP contribution in [0, 0.1) is 12.7 Å². The second-order valence-corrected chi connectivity index (χ2v) is 11.9. The van der Waals surface area contributed by atoms with Crippen molar-refractivity contribution in [2.75, 3.05) is 11.9 Å². The Hall–Kier alpha value is -3.97. The first-order valence-corrected chi connectivity index (χ1v) is 14.2. The largest absolute Gasteiger partial charge is 0.361 e. The van der Waals surface area contributed by atoms with Crippen LogP contribution in [0.4, 0.5) is 19.0 Å². The highest BCUT2D eigenvalue weighted by atomic mass is 32.2. The van der Waals surface area contributed by atoms with Crippen LogP contribution in [0.2, 0.25) is 0 Å². The van der Waals surface area contributed by atoms with E-state index in [-0.39, 0.29) is 33.7 Å². The topological polar surface area (TPSA) is 112 Å².